The van der Waals surface area contributed by atoms with Crippen LogP contribution in [0.25, 0.3) is 28.2 Å². The van der Waals surface area contributed by atoms with Gasteiger partial charge in [0.05, 0.1) is 18.2 Å². The summed E-state index contributed by atoms with van der Waals surface area (Å²) in [6, 6.07) is 9.89. The number of aromatic nitrogens is 5. The molecule has 1 aliphatic heterocycles. The van der Waals surface area contributed by atoms with E-state index in [1.54, 1.807) is 6.92 Å². The van der Waals surface area contributed by atoms with Crippen molar-refractivity contribution in [1.29, 1.82) is 0 Å². The molecule has 0 aliphatic carbocycles. The van der Waals surface area contributed by atoms with Crippen LogP contribution in [0.5, 0.6) is 0 Å². The lowest BCUT2D eigenvalue weighted by atomic mass is 10.0. The minimum atomic E-state index is -0.257. The molecule has 4 aromatic rings. The fourth-order valence-electron chi connectivity index (χ4n) is 3.92. The van der Waals surface area contributed by atoms with Gasteiger partial charge in [-0.3, -0.25) is 9.89 Å². The summed E-state index contributed by atoms with van der Waals surface area (Å²) in [5.41, 5.74) is 3.97. The van der Waals surface area contributed by atoms with Crippen LogP contribution in [0.4, 0.5) is 0 Å². The van der Waals surface area contributed by atoms with Crippen LogP contribution in [0.15, 0.2) is 39.5 Å². The van der Waals surface area contributed by atoms with Crippen molar-refractivity contribution < 1.29 is 9.15 Å². The maximum Gasteiger partial charge on any atom is 0.285 e. The Bertz CT molecular complexity index is 1230. The molecule has 0 saturated carbocycles. The van der Waals surface area contributed by atoms with Gasteiger partial charge in [-0.2, -0.15) is 0 Å². The van der Waals surface area contributed by atoms with Gasteiger partial charge < -0.3 is 9.15 Å². The molecular weight excluding hydrogens is 370 g/mol. The first-order chi connectivity index (χ1) is 14.1. The highest BCUT2D eigenvalue weighted by Crippen LogP contribution is 2.29. The summed E-state index contributed by atoms with van der Waals surface area (Å²) in [5, 5.41) is 11.4. The highest BCUT2D eigenvalue weighted by Gasteiger charge is 2.25. The molecule has 3 aromatic heterocycles. The molecule has 1 aromatic carbocycles. The second-order valence-electron chi connectivity index (χ2n) is 7.37. The predicted molar refractivity (Wildman–Crippen MR) is 107 cm³/mol. The van der Waals surface area contributed by atoms with E-state index in [1.807, 2.05) is 37.3 Å². The van der Waals surface area contributed by atoms with Gasteiger partial charge in [-0.05, 0) is 32.3 Å². The molecule has 0 unspecified atom stereocenters. The Morgan fingerprint density at radius 2 is 1.97 bits per heavy atom. The van der Waals surface area contributed by atoms with E-state index >= 15 is 0 Å². The van der Waals surface area contributed by atoms with Crippen LogP contribution >= 0.6 is 0 Å². The Balaban J connectivity index is 1.63. The molecule has 0 bridgehead atoms. The molecule has 1 N–H and O–H groups in total. The number of nitrogens with zero attached hydrogens (tertiary/aromatic N) is 4. The second kappa shape index (κ2) is 6.97. The highest BCUT2D eigenvalue weighted by atomic mass is 16.5. The van der Waals surface area contributed by atoms with Gasteiger partial charge in [0, 0.05) is 17.9 Å². The Morgan fingerprint density at radius 3 is 2.72 bits per heavy atom. The molecule has 0 radical (unpaired) electrons. The van der Waals surface area contributed by atoms with E-state index < -0.39 is 0 Å². The van der Waals surface area contributed by atoms with Gasteiger partial charge in [-0.25, -0.2) is 9.50 Å². The van der Waals surface area contributed by atoms with Gasteiger partial charge in [0.1, 0.15) is 5.56 Å². The maximum atomic E-state index is 13.3. The Kier molecular flexibility index (Phi) is 4.28. The van der Waals surface area contributed by atoms with Gasteiger partial charge in [0.25, 0.3) is 11.4 Å². The van der Waals surface area contributed by atoms with Crippen LogP contribution in [0.1, 0.15) is 36.0 Å². The number of hydrogen-bond acceptors (Lipinski definition) is 6. The average molecular weight is 391 g/mol. The maximum absolute atomic E-state index is 13.3. The number of aryl methyl sites for hydroxylation is 2. The van der Waals surface area contributed by atoms with Crippen molar-refractivity contribution >= 4 is 5.65 Å². The monoisotopic (exact) mass is 391 g/mol. The van der Waals surface area contributed by atoms with Crippen molar-refractivity contribution in [2.45, 2.75) is 32.6 Å². The van der Waals surface area contributed by atoms with Crippen molar-refractivity contribution in [2.75, 3.05) is 13.2 Å². The molecule has 0 amide bonds. The van der Waals surface area contributed by atoms with Gasteiger partial charge in [0.15, 0.2) is 5.65 Å². The quantitative estimate of drug-likeness (QED) is 0.576. The highest BCUT2D eigenvalue weighted by molar-refractivity contribution is 5.80. The SMILES string of the molecule is Cc1nc2c(-c3ccccc3)c(C)[nH]n2c(=O)c1-c1nnc([C@@H]2CCCOC2)o1. The van der Waals surface area contributed by atoms with Crippen molar-refractivity contribution in [2.24, 2.45) is 0 Å². The number of nitrogens with one attached hydrogen (secondary N) is 1. The third-order valence-electron chi connectivity index (χ3n) is 5.37. The number of hydrogen-bond donors (Lipinski definition) is 1. The first-order valence-corrected chi connectivity index (χ1v) is 9.72. The Labute approximate surface area is 166 Å². The van der Waals surface area contributed by atoms with E-state index in [0.717, 1.165) is 36.3 Å². The third kappa shape index (κ3) is 2.96. The second-order valence-corrected chi connectivity index (χ2v) is 7.37. The molecule has 8 nitrogen and oxygen atoms in total. The summed E-state index contributed by atoms with van der Waals surface area (Å²) in [7, 11) is 0. The molecule has 1 atom stereocenters. The molecule has 8 heteroatoms. The first-order valence-electron chi connectivity index (χ1n) is 9.72. The zero-order valence-corrected chi connectivity index (χ0v) is 16.3. The number of ether oxygens (including phenoxy) is 1. The predicted octanol–water partition coefficient (Wildman–Crippen LogP) is 3.25. The normalized spacial score (nSPS) is 17.1. The van der Waals surface area contributed by atoms with E-state index in [1.165, 1.54) is 4.52 Å². The number of rotatable bonds is 3. The molecule has 4 heterocycles. The molecule has 1 fully saturated rings. The fraction of sp³-hybridized carbons (Fsp3) is 0.333. The van der Waals surface area contributed by atoms with E-state index in [0.29, 0.717) is 29.4 Å². The van der Waals surface area contributed by atoms with Crippen molar-refractivity contribution in [3.63, 3.8) is 0 Å². The van der Waals surface area contributed by atoms with Crippen molar-refractivity contribution in [1.82, 2.24) is 24.8 Å². The Hall–Kier alpha value is -3.26. The Morgan fingerprint density at radius 1 is 1.14 bits per heavy atom. The van der Waals surface area contributed by atoms with E-state index in [-0.39, 0.29) is 17.4 Å². The molecule has 148 valence electrons. The topological polar surface area (TPSA) is 98.3 Å². The van der Waals surface area contributed by atoms with E-state index in [9.17, 15) is 4.79 Å². The first kappa shape index (κ1) is 17.8. The largest absolute Gasteiger partial charge is 0.420 e. The lowest BCUT2D eigenvalue weighted by Crippen LogP contribution is -2.19. The van der Waals surface area contributed by atoms with Crippen molar-refractivity contribution in [3.8, 4) is 22.6 Å². The smallest absolute Gasteiger partial charge is 0.285 e. The lowest BCUT2D eigenvalue weighted by Gasteiger charge is -2.18. The fourth-order valence-corrected chi connectivity index (χ4v) is 3.92. The van der Waals surface area contributed by atoms with Crippen LogP contribution in [-0.4, -0.2) is 38.0 Å². The summed E-state index contributed by atoms with van der Waals surface area (Å²) >= 11 is 0. The standard InChI is InChI=1S/C21H21N5O3/c1-12-17(20-24-23-19(29-20)15-9-6-10-28-11-15)21(27)26-18(22-12)16(13(2)25-26)14-7-4-3-5-8-14/h3-5,7-8,15,25H,6,9-11H2,1-2H3/t15-/m1/s1. The average Bonchev–Trinajstić information content (AvgIpc) is 3.34. The minimum absolute atomic E-state index is 0.0715. The third-order valence-corrected chi connectivity index (χ3v) is 5.37. The number of fused-ring (bicyclic) bond motifs is 1. The number of H-pyrrole nitrogens is 1. The van der Waals surface area contributed by atoms with E-state index in [4.69, 9.17) is 14.1 Å². The lowest BCUT2D eigenvalue weighted by molar-refractivity contribution is 0.0727. The van der Waals surface area contributed by atoms with Crippen LogP contribution in [0.2, 0.25) is 0 Å². The number of benzene rings is 1. The van der Waals surface area contributed by atoms with Gasteiger partial charge in [-0.1, -0.05) is 30.3 Å². The van der Waals surface area contributed by atoms with Gasteiger partial charge in [-0.15, -0.1) is 10.2 Å². The van der Waals surface area contributed by atoms with E-state index in [2.05, 4.69) is 15.3 Å². The van der Waals surface area contributed by atoms with Gasteiger partial charge in [0.2, 0.25) is 5.89 Å². The minimum Gasteiger partial charge on any atom is -0.420 e. The zero-order valence-electron chi connectivity index (χ0n) is 16.3. The van der Waals surface area contributed by atoms with Crippen LogP contribution in [-0.2, 0) is 4.74 Å². The van der Waals surface area contributed by atoms with Gasteiger partial charge >= 0.3 is 0 Å². The van der Waals surface area contributed by atoms with Crippen LogP contribution < -0.4 is 5.56 Å². The van der Waals surface area contributed by atoms with Crippen molar-refractivity contribution in [3.05, 3.63) is 58.0 Å². The molecule has 5 rings (SSSR count). The summed E-state index contributed by atoms with van der Waals surface area (Å²) < 4.78 is 12.8. The summed E-state index contributed by atoms with van der Waals surface area (Å²) in [6.07, 6.45) is 1.90. The summed E-state index contributed by atoms with van der Waals surface area (Å²) in [5.74, 6) is 0.780. The molecule has 1 aliphatic rings. The molecule has 1 saturated heterocycles. The molecule has 0 spiro atoms. The zero-order chi connectivity index (χ0) is 20.0. The van der Waals surface area contributed by atoms with Crippen LogP contribution in [0, 0.1) is 13.8 Å². The molecular formula is C21H21N5O3. The summed E-state index contributed by atoms with van der Waals surface area (Å²) in [4.78, 5) is 18.0. The molecule has 29 heavy (non-hydrogen) atoms. The number of aromatic amines is 1. The van der Waals surface area contributed by atoms with Crippen LogP contribution in [0.3, 0.4) is 0 Å². The summed E-state index contributed by atoms with van der Waals surface area (Å²) in [6.45, 7) is 5.04.